The first-order chi connectivity index (χ1) is 7.38. The fourth-order valence-corrected chi connectivity index (χ4v) is 1.18. The second-order valence-corrected chi connectivity index (χ2v) is 4.94. The second kappa shape index (κ2) is 4.97. The normalized spacial score (nSPS) is 13.4. The molecule has 86 valence electrons. The average molecular weight is 216 g/mol. The number of aryl methyl sites for hydroxylation is 1. The molecule has 0 atom stereocenters. The van der Waals surface area contributed by atoms with Crippen molar-refractivity contribution in [2.45, 2.75) is 33.2 Å². The summed E-state index contributed by atoms with van der Waals surface area (Å²) in [7, 11) is 0. The first-order valence-corrected chi connectivity index (χ1v) is 5.46. The second-order valence-electron chi connectivity index (χ2n) is 4.94. The van der Waals surface area contributed by atoms with Crippen LogP contribution in [0, 0.1) is 6.92 Å². The zero-order valence-corrected chi connectivity index (χ0v) is 10.5. The fourth-order valence-electron chi connectivity index (χ4n) is 1.18. The molecule has 0 amide bonds. The van der Waals surface area contributed by atoms with Gasteiger partial charge in [0.2, 0.25) is 0 Å². The van der Waals surface area contributed by atoms with Crippen LogP contribution in [0.5, 0.6) is 0 Å². The fraction of sp³-hybridized carbons (Fsp3) is 0.357. The number of allylic oxidation sites excluding steroid dienone is 1. The van der Waals surface area contributed by atoms with E-state index in [0.29, 0.717) is 0 Å². The summed E-state index contributed by atoms with van der Waals surface area (Å²) >= 11 is 0. The molecule has 2 nitrogen and oxygen atoms in total. The molecule has 0 aliphatic heterocycles. The molecule has 1 aromatic carbocycles. The Morgan fingerprint density at radius 2 is 1.75 bits per heavy atom. The molecule has 0 saturated heterocycles. The molecule has 1 rings (SSSR count). The number of benzene rings is 1. The van der Waals surface area contributed by atoms with Crippen LogP contribution in [0.15, 0.2) is 35.3 Å². The van der Waals surface area contributed by atoms with Crippen LogP contribution >= 0.6 is 0 Å². The maximum absolute atomic E-state index is 5.94. The number of rotatable bonds is 2. The van der Waals surface area contributed by atoms with E-state index in [1.165, 1.54) is 5.56 Å². The van der Waals surface area contributed by atoms with Crippen LogP contribution in [0.25, 0.3) is 5.70 Å². The van der Waals surface area contributed by atoms with Crippen LogP contribution in [0.1, 0.15) is 31.9 Å². The van der Waals surface area contributed by atoms with Crippen molar-refractivity contribution in [3.05, 3.63) is 41.5 Å². The largest absolute Gasteiger partial charge is 0.398 e. The third-order valence-electron chi connectivity index (χ3n) is 2.10. The number of hydrogen-bond donors (Lipinski definition) is 1. The van der Waals surface area contributed by atoms with Crippen molar-refractivity contribution in [3.8, 4) is 0 Å². The van der Waals surface area contributed by atoms with Gasteiger partial charge in [0.25, 0.3) is 0 Å². The Morgan fingerprint density at radius 3 is 2.25 bits per heavy atom. The molecule has 0 aliphatic rings. The minimum atomic E-state index is -0.0515. The lowest BCUT2D eigenvalue weighted by Gasteiger charge is -2.09. The van der Waals surface area contributed by atoms with Gasteiger partial charge in [-0.3, -0.25) is 4.99 Å². The predicted octanol–water partition coefficient (Wildman–Crippen LogP) is 3.16. The van der Waals surface area contributed by atoms with Crippen LogP contribution in [0.3, 0.4) is 0 Å². The highest BCUT2D eigenvalue weighted by molar-refractivity contribution is 5.83. The SMILES string of the molecule is Cc1ccc(/C(N)=C/C=NC(C)(C)C)cc1. The smallest absolute Gasteiger partial charge is 0.0524 e. The first kappa shape index (κ1) is 12.5. The first-order valence-electron chi connectivity index (χ1n) is 5.46. The van der Waals surface area contributed by atoms with Gasteiger partial charge in [0.15, 0.2) is 0 Å². The van der Waals surface area contributed by atoms with Gasteiger partial charge >= 0.3 is 0 Å². The lowest BCUT2D eigenvalue weighted by Crippen LogP contribution is -2.09. The van der Waals surface area contributed by atoms with Gasteiger partial charge in [-0.15, -0.1) is 0 Å². The third kappa shape index (κ3) is 4.30. The number of nitrogens with zero attached hydrogens (tertiary/aromatic N) is 1. The lowest BCUT2D eigenvalue weighted by atomic mass is 10.1. The minimum absolute atomic E-state index is 0.0515. The maximum Gasteiger partial charge on any atom is 0.0524 e. The number of hydrogen-bond acceptors (Lipinski definition) is 2. The average Bonchev–Trinajstić information content (AvgIpc) is 2.16. The summed E-state index contributed by atoms with van der Waals surface area (Å²) < 4.78 is 0. The standard InChI is InChI=1S/C14H20N2/c1-11-5-7-12(8-6-11)13(15)9-10-16-14(2,3)4/h5-10H,15H2,1-4H3/b13-9-,16-10?. The highest BCUT2D eigenvalue weighted by Crippen LogP contribution is 2.10. The van der Waals surface area contributed by atoms with E-state index in [9.17, 15) is 0 Å². The van der Waals surface area contributed by atoms with Crippen LogP contribution in [-0.4, -0.2) is 11.8 Å². The molecule has 2 heteroatoms. The molecule has 0 heterocycles. The van der Waals surface area contributed by atoms with Crippen LogP contribution < -0.4 is 5.73 Å². The van der Waals surface area contributed by atoms with E-state index >= 15 is 0 Å². The monoisotopic (exact) mass is 216 g/mol. The van der Waals surface area contributed by atoms with E-state index in [0.717, 1.165) is 11.3 Å². The van der Waals surface area contributed by atoms with Crippen LogP contribution in [0.2, 0.25) is 0 Å². The summed E-state index contributed by atoms with van der Waals surface area (Å²) in [4.78, 5) is 4.36. The maximum atomic E-state index is 5.94. The van der Waals surface area contributed by atoms with Crippen molar-refractivity contribution < 1.29 is 0 Å². The number of aliphatic imine (C=N–C) groups is 1. The molecule has 0 aliphatic carbocycles. The number of nitrogens with two attached hydrogens (primary N) is 1. The Morgan fingerprint density at radius 1 is 1.19 bits per heavy atom. The van der Waals surface area contributed by atoms with Gasteiger partial charge in [-0.1, -0.05) is 29.8 Å². The highest BCUT2D eigenvalue weighted by Gasteiger charge is 2.03. The van der Waals surface area contributed by atoms with E-state index in [1.807, 2.05) is 18.2 Å². The Balaban J connectivity index is 2.78. The van der Waals surface area contributed by atoms with Crippen LogP contribution in [0.4, 0.5) is 0 Å². The Labute approximate surface area is 97.9 Å². The van der Waals surface area contributed by atoms with Gasteiger partial charge in [-0.25, -0.2) is 0 Å². The van der Waals surface area contributed by atoms with Crippen molar-refractivity contribution in [1.29, 1.82) is 0 Å². The molecule has 16 heavy (non-hydrogen) atoms. The summed E-state index contributed by atoms with van der Waals surface area (Å²) in [5, 5.41) is 0. The van der Waals surface area contributed by atoms with Crippen molar-refractivity contribution in [1.82, 2.24) is 0 Å². The summed E-state index contributed by atoms with van der Waals surface area (Å²) in [5.74, 6) is 0. The molecular formula is C14H20N2. The van der Waals surface area contributed by atoms with E-state index in [1.54, 1.807) is 6.21 Å². The van der Waals surface area contributed by atoms with E-state index in [4.69, 9.17) is 5.73 Å². The molecule has 0 bridgehead atoms. The summed E-state index contributed by atoms with van der Waals surface area (Å²) in [6.07, 6.45) is 3.62. The zero-order valence-electron chi connectivity index (χ0n) is 10.5. The molecule has 1 aromatic rings. The molecule has 0 fully saturated rings. The summed E-state index contributed by atoms with van der Waals surface area (Å²) in [6, 6.07) is 8.14. The third-order valence-corrected chi connectivity index (χ3v) is 2.10. The zero-order chi connectivity index (χ0) is 12.2. The topological polar surface area (TPSA) is 38.4 Å². The molecule has 0 radical (unpaired) electrons. The van der Waals surface area contributed by atoms with E-state index < -0.39 is 0 Å². The molecule has 0 saturated carbocycles. The van der Waals surface area contributed by atoms with E-state index in [-0.39, 0.29) is 5.54 Å². The van der Waals surface area contributed by atoms with E-state index in [2.05, 4.69) is 44.8 Å². The Hall–Kier alpha value is -1.57. The van der Waals surface area contributed by atoms with Gasteiger partial charge < -0.3 is 5.73 Å². The van der Waals surface area contributed by atoms with Gasteiger partial charge in [0, 0.05) is 11.9 Å². The molecule has 0 aromatic heterocycles. The van der Waals surface area contributed by atoms with Crippen molar-refractivity contribution in [3.63, 3.8) is 0 Å². The van der Waals surface area contributed by atoms with Crippen molar-refractivity contribution in [2.24, 2.45) is 10.7 Å². The quantitative estimate of drug-likeness (QED) is 0.758. The van der Waals surface area contributed by atoms with Crippen LogP contribution in [-0.2, 0) is 0 Å². The Kier molecular flexibility index (Phi) is 3.88. The summed E-state index contributed by atoms with van der Waals surface area (Å²) in [5.41, 5.74) is 8.91. The highest BCUT2D eigenvalue weighted by atomic mass is 14.8. The molecule has 0 spiro atoms. The Bertz CT molecular complexity index is 392. The molecule has 0 unspecified atom stereocenters. The van der Waals surface area contributed by atoms with Gasteiger partial charge in [-0.2, -0.15) is 0 Å². The van der Waals surface area contributed by atoms with Gasteiger partial charge in [-0.05, 0) is 39.3 Å². The minimum Gasteiger partial charge on any atom is -0.398 e. The van der Waals surface area contributed by atoms with Crippen molar-refractivity contribution in [2.75, 3.05) is 0 Å². The summed E-state index contributed by atoms with van der Waals surface area (Å²) in [6.45, 7) is 8.23. The van der Waals surface area contributed by atoms with Crippen molar-refractivity contribution >= 4 is 11.9 Å². The molecular weight excluding hydrogens is 196 g/mol. The lowest BCUT2D eigenvalue weighted by molar-refractivity contribution is 0.587. The predicted molar refractivity (Wildman–Crippen MR) is 71.6 cm³/mol. The van der Waals surface area contributed by atoms with Gasteiger partial charge in [0.05, 0.1) is 5.54 Å². The van der Waals surface area contributed by atoms with Gasteiger partial charge in [0.1, 0.15) is 0 Å². The molecule has 2 N–H and O–H groups in total.